The molecule has 8 nitrogen and oxygen atoms in total. The van der Waals surface area contributed by atoms with Crippen LogP contribution < -0.4 is 11.1 Å². The quantitative estimate of drug-likeness (QED) is 0.447. The Labute approximate surface area is 186 Å². The van der Waals surface area contributed by atoms with Gasteiger partial charge in [-0.3, -0.25) is 9.59 Å². The van der Waals surface area contributed by atoms with Crippen molar-refractivity contribution in [1.29, 1.82) is 0 Å². The normalized spacial score (nSPS) is 13.0. The fraction of sp³-hybridized carbons (Fsp3) is 0.217. The van der Waals surface area contributed by atoms with Gasteiger partial charge < -0.3 is 14.2 Å². The summed E-state index contributed by atoms with van der Waals surface area (Å²) in [5.41, 5.74) is 2.14. The van der Waals surface area contributed by atoms with Gasteiger partial charge in [-0.1, -0.05) is 30.3 Å². The molecule has 1 amide bonds. The van der Waals surface area contributed by atoms with E-state index in [1.807, 2.05) is 18.2 Å². The van der Waals surface area contributed by atoms with E-state index in [0.29, 0.717) is 21.9 Å². The number of thiophene rings is 1. The number of fused-ring (bicyclic) bond motifs is 1. The highest BCUT2D eigenvalue weighted by Crippen LogP contribution is 2.39. The molecule has 5 rings (SSSR count). The minimum Gasteiger partial charge on any atom is -0.459 e. The maximum atomic E-state index is 13.3. The van der Waals surface area contributed by atoms with Crippen molar-refractivity contribution >= 4 is 28.0 Å². The first-order valence-electron chi connectivity index (χ1n) is 10.3. The van der Waals surface area contributed by atoms with Crippen LogP contribution in [0.3, 0.4) is 0 Å². The van der Waals surface area contributed by atoms with Gasteiger partial charge in [0.1, 0.15) is 11.5 Å². The average Bonchev–Trinajstić information content (AvgIpc) is 3.53. The summed E-state index contributed by atoms with van der Waals surface area (Å²) in [6.07, 6.45) is 5.20. The van der Waals surface area contributed by atoms with Crippen LogP contribution in [0.5, 0.6) is 0 Å². The van der Waals surface area contributed by atoms with Gasteiger partial charge in [-0.25, -0.2) is 4.79 Å². The van der Waals surface area contributed by atoms with Gasteiger partial charge in [0.15, 0.2) is 11.5 Å². The van der Waals surface area contributed by atoms with Gasteiger partial charge in [0.2, 0.25) is 5.91 Å². The Morgan fingerprint density at radius 2 is 1.91 bits per heavy atom. The topological polar surface area (TPSA) is 107 Å². The molecule has 0 saturated carbocycles. The summed E-state index contributed by atoms with van der Waals surface area (Å²) in [5, 5.41) is 7.37. The Balaban J connectivity index is 1.42. The van der Waals surface area contributed by atoms with Crippen molar-refractivity contribution in [2.45, 2.75) is 32.2 Å². The SMILES string of the molecule is O=C(Cn1nc(-c2ccco2)oc1=O)Nc1sc2c(c1C(=O)c1ccccc1)CCCC2. The highest BCUT2D eigenvalue weighted by Gasteiger charge is 2.27. The largest absolute Gasteiger partial charge is 0.459 e. The zero-order chi connectivity index (χ0) is 22.1. The van der Waals surface area contributed by atoms with Gasteiger partial charge in [0.25, 0.3) is 5.89 Å². The smallest absolute Gasteiger partial charge is 0.437 e. The lowest BCUT2D eigenvalue weighted by atomic mass is 9.92. The molecular weight excluding hydrogens is 430 g/mol. The highest BCUT2D eigenvalue weighted by atomic mass is 32.1. The average molecular weight is 449 g/mol. The molecule has 0 saturated heterocycles. The molecule has 1 aliphatic rings. The predicted molar refractivity (Wildman–Crippen MR) is 118 cm³/mol. The summed E-state index contributed by atoms with van der Waals surface area (Å²) in [6, 6.07) is 12.3. The maximum Gasteiger partial charge on any atom is 0.437 e. The third-order valence-corrected chi connectivity index (χ3v) is 6.53. The molecule has 9 heteroatoms. The molecule has 0 atom stereocenters. The van der Waals surface area contributed by atoms with Crippen LogP contribution in [0.1, 0.15) is 39.2 Å². The Kier molecular flexibility index (Phi) is 5.32. The number of amides is 1. The zero-order valence-electron chi connectivity index (χ0n) is 17.0. The number of hydrogen-bond acceptors (Lipinski definition) is 7. The molecule has 1 aromatic carbocycles. The summed E-state index contributed by atoms with van der Waals surface area (Å²) < 4.78 is 11.2. The van der Waals surface area contributed by atoms with E-state index in [4.69, 9.17) is 8.83 Å². The predicted octanol–water partition coefficient (Wildman–Crippen LogP) is 3.91. The molecule has 4 aromatic rings. The van der Waals surface area contributed by atoms with Crippen LogP contribution in [0.15, 0.2) is 62.4 Å². The Bertz CT molecular complexity index is 1330. The number of benzene rings is 1. The first-order valence-corrected chi connectivity index (χ1v) is 11.1. The second-order valence-corrected chi connectivity index (χ2v) is 8.57. The first-order chi connectivity index (χ1) is 15.6. The van der Waals surface area contributed by atoms with E-state index in [1.165, 1.54) is 17.6 Å². The van der Waals surface area contributed by atoms with Gasteiger partial charge in [-0.15, -0.1) is 16.4 Å². The number of carbonyl (C=O) groups excluding carboxylic acids is 2. The lowest BCUT2D eigenvalue weighted by Crippen LogP contribution is -2.26. The number of aromatic nitrogens is 2. The van der Waals surface area contributed by atoms with E-state index in [-0.39, 0.29) is 18.2 Å². The number of rotatable bonds is 6. The number of anilines is 1. The number of furan rings is 1. The van der Waals surface area contributed by atoms with Gasteiger partial charge in [0, 0.05) is 10.4 Å². The minimum atomic E-state index is -0.766. The van der Waals surface area contributed by atoms with Crippen molar-refractivity contribution in [3.05, 3.63) is 80.8 Å². The number of aryl methyl sites for hydroxylation is 1. The van der Waals surface area contributed by atoms with Crippen molar-refractivity contribution in [3.8, 4) is 11.7 Å². The van der Waals surface area contributed by atoms with E-state index in [0.717, 1.165) is 40.8 Å². The molecule has 0 spiro atoms. The lowest BCUT2D eigenvalue weighted by molar-refractivity contribution is -0.117. The van der Waals surface area contributed by atoms with Crippen LogP contribution in [0.25, 0.3) is 11.7 Å². The van der Waals surface area contributed by atoms with E-state index < -0.39 is 11.7 Å². The molecule has 3 heterocycles. The summed E-state index contributed by atoms with van der Waals surface area (Å²) in [6.45, 7) is -0.343. The monoisotopic (exact) mass is 449 g/mol. The Hall–Kier alpha value is -3.72. The fourth-order valence-corrected chi connectivity index (χ4v) is 5.14. The fourth-order valence-electron chi connectivity index (χ4n) is 3.84. The Morgan fingerprint density at radius 1 is 1.09 bits per heavy atom. The van der Waals surface area contributed by atoms with Crippen molar-refractivity contribution < 1.29 is 18.4 Å². The van der Waals surface area contributed by atoms with Crippen LogP contribution >= 0.6 is 11.3 Å². The van der Waals surface area contributed by atoms with Crippen LogP contribution in [0, 0.1) is 0 Å². The van der Waals surface area contributed by atoms with Crippen LogP contribution in [0.2, 0.25) is 0 Å². The van der Waals surface area contributed by atoms with Gasteiger partial charge in [-0.05, 0) is 43.4 Å². The first kappa shape index (κ1) is 20.2. The van der Waals surface area contributed by atoms with Gasteiger partial charge in [-0.2, -0.15) is 4.68 Å². The molecule has 0 aliphatic heterocycles. The molecule has 1 aliphatic carbocycles. The zero-order valence-corrected chi connectivity index (χ0v) is 17.8. The van der Waals surface area contributed by atoms with E-state index in [9.17, 15) is 14.4 Å². The van der Waals surface area contributed by atoms with E-state index >= 15 is 0 Å². The molecule has 0 radical (unpaired) electrons. The van der Waals surface area contributed by atoms with Gasteiger partial charge in [0.05, 0.1) is 11.8 Å². The molecule has 0 fully saturated rings. The summed E-state index contributed by atoms with van der Waals surface area (Å²) in [7, 11) is 0. The van der Waals surface area contributed by atoms with Crippen molar-refractivity contribution in [2.24, 2.45) is 0 Å². The Morgan fingerprint density at radius 3 is 2.69 bits per heavy atom. The van der Waals surface area contributed by atoms with Crippen molar-refractivity contribution in [3.63, 3.8) is 0 Å². The highest BCUT2D eigenvalue weighted by molar-refractivity contribution is 7.17. The maximum absolute atomic E-state index is 13.3. The number of ketones is 1. The number of nitrogens with zero attached hydrogens (tertiary/aromatic N) is 2. The molecule has 32 heavy (non-hydrogen) atoms. The summed E-state index contributed by atoms with van der Waals surface area (Å²) in [4.78, 5) is 39.3. The third-order valence-electron chi connectivity index (χ3n) is 5.32. The van der Waals surface area contributed by atoms with Crippen LogP contribution in [-0.4, -0.2) is 21.5 Å². The number of hydrogen-bond donors (Lipinski definition) is 1. The third kappa shape index (κ3) is 3.82. The lowest BCUT2D eigenvalue weighted by Gasteiger charge is -2.12. The summed E-state index contributed by atoms with van der Waals surface area (Å²) >= 11 is 1.43. The van der Waals surface area contributed by atoms with Gasteiger partial charge >= 0.3 is 5.76 Å². The molecule has 162 valence electrons. The van der Waals surface area contributed by atoms with E-state index in [1.54, 1.807) is 24.3 Å². The standard InChI is InChI=1S/C23H19N3O5S/c27-18(13-26-23(29)31-21(25-26)16-10-6-12-30-16)24-22-19(15-9-4-5-11-17(15)32-22)20(28)14-7-2-1-3-8-14/h1-3,6-8,10,12H,4-5,9,11,13H2,(H,24,27). The molecule has 3 aromatic heterocycles. The second kappa shape index (κ2) is 8.43. The van der Waals surface area contributed by atoms with E-state index in [2.05, 4.69) is 10.4 Å². The van der Waals surface area contributed by atoms with Crippen molar-refractivity contribution in [2.75, 3.05) is 5.32 Å². The summed E-state index contributed by atoms with van der Waals surface area (Å²) in [5.74, 6) is -1.05. The van der Waals surface area contributed by atoms with Crippen LogP contribution in [0.4, 0.5) is 5.00 Å². The molecular formula is C23H19N3O5S. The second-order valence-electron chi connectivity index (χ2n) is 7.47. The van der Waals surface area contributed by atoms with Crippen molar-refractivity contribution in [1.82, 2.24) is 9.78 Å². The number of carbonyl (C=O) groups is 2. The molecule has 1 N–H and O–H groups in total. The van der Waals surface area contributed by atoms with Crippen LogP contribution in [-0.2, 0) is 24.2 Å². The minimum absolute atomic E-state index is 0.000618. The molecule has 0 unspecified atom stereocenters. The number of nitrogens with one attached hydrogen (secondary N) is 1. The molecule has 0 bridgehead atoms.